The van der Waals surface area contributed by atoms with Gasteiger partial charge < -0.3 is 20.3 Å². The van der Waals surface area contributed by atoms with Crippen LogP contribution in [0.25, 0.3) is 11.1 Å². The van der Waals surface area contributed by atoms with Crippen LogP contribution in [0.15, 0.2) is 84.2 Å². The summed E-state index contributed by atoms with van der Waals surface area (Å²) in [6, 6.07) is 23.6. The number of aliphatic carboxylic acids is 1. The van der Waals surface area contributed by atoms with Crippen molar-refractivity contribution in [2.45, 2.75) is 25.0 Å². The average molecular weight is 546 g/mol. The molecule has 0 saturated carbocycles. The number of amides is 2. The number of carbonyl (C=O) groups excluding carboxylic acids is 2. The molecule has 0 saturated heterocycles. The maximum absolute atomic E-state index is 13.0. The minimum Gasteiger partial charge on any atom is -0.496 e. The van der Waals surface area contributed by atoms with Crippen molar-refractivity contribution in [3.8, 4) is 16.9 Å². The molecule has 0 radical (unpaired) electrons. The Labute approximate surface area is 229 Å². The fourth-order valence-electron chi connectivity index (χ4n) is 4.00. The first kappa shape index (κ1) is 27.5. The zero-order valence-corrected chi connectivity index (χ0v) is 21.9. The van der Waals surface area contributed by atoms with Crippen molar-refractivity contribution in [2.75, 3.05) is 12.4 Å². The second kappa shape index (κ2) is 12.8. The van der Waals surface area contributed by atoms with Crippen LogP contribution in [0.2, 0.25) is 0 Å². The number of nitrogens with zero attached hydrogens (tertiary/aromatic N) is 1. The summed E-state index contributed by atoms with van der Waals surface area (Å²) < 4.78 is 5.21. The Morgan fingerprint density at radius 1 is 0.923 bits per heavy atom. The molecule has 39 heavy (non-hydrogen) atoms. The summed E-state index contributed by atoms with van der Waals surface area (Å²) in [7, 11) is 1.47. The minimum absolute atomic E-state index is 0.0598. The van der Waals surface area contributed by atoms with Crippen LogP contribution in [0.1, 0.15) is 32.8 Å². The van der Waals surface area contributed by atoms with Crippen LogP contribution in [-0.4, -0.2) is 52.2 Å². The maximum atomic E-state index is 13.0. The van der Waals surface area contributed by atoms with Crippen molar-refractivity contribution in [1.82, 2.24) is 10.3 Å². The van der Waals surface area contributed by atoms with Crippen molar-refractivity contribution in [2.24, 2.45) is 0 Å². The molecule has 2 unspecified atom stereocenters. The fraction of sp³-hybridized carbons (Fsp3) is 0.172. The molecular weight excluding hydrogens is 518 g/mol. The summed E-state index contributed by atoms with van der Waals surface area (Å²) in [6.45, 7) is 0. The number of carboxylic acid groups (broad SMARTS) is 1. The monoisotopic (exact) mass is 545 g/mol. The van der Waals surface area contributed by atoms with Gasteiger partial charge >= 0.3 is 5.97 Å². The molecule has 2 amide bonds. The first-order valence-electron chi connectivity index (χ1n) is 12.1. The number of hydrogen-bond acceptors (Lipinski definition) is 7. The van der Waals surface area contributed by atoms with E-state index >= 15 is 0 Å². The lowest BCUT2D eigenvalue weighted by molar-refractivity contribution is -0.147. The van der Waals surface area contributed by atoms with E-state index in [2.05, 4.69) is 15.6 Å². The summed E-state index contributed by atoms with van der Waals surface area (Å²) in [5.41, 5.74) is 3.33. The molecule has 2 atom stereocenters. The topological polar surface area (TPSA) is 138 Å². The number of carbonyl (C=O) groups is 3. The Morgan fingerprint density at radius 3 is 2.28 bits per heavy atom. The van der Waals surface area contributed by atoms with Gasteiger partial charge in [-0.25, -0.2) is 9.78 Å². The molecule has 9 nitrogen and oxygen atoms in total. The molecule has 0 aliphatic rings. The Hall–Kier alpha value is -4.54. The molecule has 4 rings (SSSR count). The number of ether oxygens (including phenoxy) is 1. The molecule has 0 aliphatic heterocycles. The van der Waals surface area contributed by atoms with E-state index < -0.39 is 29.9 Å². The van der Waals surface area contributed by atoms with Crippen molar-refractivity contribution in [1.29, 1.82) is 0 Å². The van der Waals surface area contributed by atoms with Gasteiger partial charge in [0.2, 0.25) is 0 Å². The number of carboxylic acids is 1. The Balaban J connectivity index is 1.44. The van der Waals surface area contributed by atoms with Crippen molar-refractivity contribution in [3.63, 3.8) is 0 Å². The number of benzene rings is 3. The predicted octanol–water partition coefficient (Wildman–Crippen LogP) is 4.25. The average Bonchev–Trinajstić information content (AvgIpc) is 3.42. The van der Waals surface area contributed by atoms with Crippen LogP contribution in [0.3, 0.4) is 0 Å². The van der Waals surface area contributed by atoms with Crippen molar-refractivity contribution in [3.05, 3.63) is 101 Å². The quantitative estimate of drug-likeness (QED) is 0.221. The van der Waals surface area contributed by atoms with E-state index in [1.165, 1.54) is 12.5 Å². The SMILES string of the molecule is COc1ccccc1C(=O)Nc1nc(C(=O)NC(Cc2ccc(-c3ccccc3)cc2)CC(O)C(=O)O)cs1. The number of aromatic nitrogens is 1. The van der Waals surface area contributed by atoms with Gasteiger partial charge in [-0.1, -0.05) is 66.7 Å². The molecular formula is C29H27N3O6S. The van der Waals surface area contributed by atoms with E-state index in [1.807, 2.05) is 54.6 Å². The summed E-state index contributed by atoms with van der Waals surface area (Å²) >= 11 is 1.08. The zero-order valence-electron chi connectivity index (χ0n) is 21.0. The molecule has 0 spiro atoms. The maximum Gasteiger partial charge on any atom is 0.332 e. The highest BCUT2D eigenvalue weighted by atomic mass is 32.1. The standard InChI is InChI=1S/C29H27N3O6S/c1-38-25-10-6-5-9-22(25)26(34)32-29-31-23(17-39-29)27(35)30-21(16-24(33)28(36)37)15-18-11-13-20(14-12-18)19-7-3-2-4-8-19/h2-14,17,21,24,33H,15-16H2,1H3,(H,30,35)(H,36,37)(H,31,32,34). The van der Waals surface area contributed by atoms with Gasteiger partial charge in [0.15, 0.2) is 11.2 Å². The summed E-state index contributed by atoms with van der Waals surface area (Å²) in [5.74, 6) is -1.95. The molecule has 1 aromatic heterocycles. The molecule has 4 aromatic rings. The van der Waals surface area contributed by atoms with Gasteiger partial charge in [0.05, 0.1) is 12.7 Å². The van der Waals surface area contributed by atoms with Gasteiger partial charge in [0.25, 0.3) is 11.8 Å². The van der Waals surface area contributed by atoms with E-state index in [-0.39, 0.29) is 17.2 Å². The van der Waals surface area contributed by atoms with Crippen LogP contribution in [0, 0.1) is 0 Å². The molecule has 10 heteroatoms. The number of aliphatic hydroxyl groups is 1. The molecule has 3 aromatic carbocycles. The first-order chi connectivity index (χ1) is 18.8. The molecule has 4 N–H and O–H groups in total. The van der Waals surface area contributed by atoms with Gasteiger partial charge in [-0.15, -0.1) is 11.3 Å². The lowest BCUT2D eigenvalue weighted by Gasteiger charge is -2.20. The summed E-state index contributed by atoms with van der Waals surface area (Å²) in [4.78, 5) is 41.1. The third-order valence-electron chi connectivity index (χ3n) is 5.98. The van der Waals surface area contributed by atoms with Crippen molar-refractivity contribution >= 4 is 34.3 Å². The second-order valence-corrected chi connectivity index (χ2v) is 9.58. The molecule has 200 valence electrons. The molecule has 0 bridgehead atoms. The van der Waals surface area contributed by atoms with Crippen LogP contribution >= 0.6 is 11.3 Å². The van der Waals surface area contributed by atoms with Crippen LogP contribution < -0.4 is 15.4 Å². The highest BCUT2D eigenvalue weighted by molar-refractivity contribution is 7.14. The number of nitrogens with one attached hydrogen (secondary N) is 2. The molecule has 0 aliphatic carbocycles. The number of methoxy groups -OCH3 is 1. The number of hydrogen-bond donors (Lipinski definition) is 4. The van der Waals surface area contributed by atoms with Gasteiger partial charge in [-0.3, -0.25) is 14.9 Å². The summed E-state index contributed by atoms with van der Waals surface area (Å²) in [6.07, 6.45) is -1.54. The van der Waals surface area contributed by atoms with Crippen LogP contribution in [0.4, 0.5) is 5.13 Å². The number of thiazole rings is 1. The van der Waals surface area contributed by atoms with E-state index in [4.69, 9.17) is 4.74 Å². The van der Waals surface area contributed by atoms with E-state index in [0.717, 1.165) is 28.0 Å². The third kappa shape index (κ3) is 7.28. The van der Waals surface area contributed by atoms with Gasteiger partial charge in [-0.2, -0.15) is 0 Å². The zero-order chi connectivity index (χ0) is 27.8. The predicted molar refractivity (Wildman–Crippen MR) is 148 cm³/mol. The van der Waals surface area contributed by atoms with Gasteiger partial charge in [0, 0.05) is 17.8 Å². The second-order valence-electron chi connectivity index (χ2n) is 8.72. The van der Waals surface area contributed by atoms with Gasteiger partial charge in [-0.05, 0) is 35.2 Å². The lowest BCUT2D eigenvalue weighted by Crippen LogP contribution is -2.40. The van der Waals surface area contributed by atoms with Crippen molar-refractivity contribution < 1.29 is 29.3 Å². The largest absolute Gasteiger partial charge is 0.496 e. The fourth-order valence-corrected chi connectivity index (χ4v) is 4.69. The highest BCUT2D eigenvalue weighted by Crippen LogP contribution is 2.23. The molecule has 0 fully saturated rings. The Kier molecular flexibility index (Phi) is 9.03. The first-order valence-corrected chi connectivity index (χ1v) is 13.0. The number of aliphatic hydroxyl groups excluding tert-OH is 1. The van der Waals surface area contributed by atoms with E-state index in [1.54, 1.807) is 24.3 Å². The van der Waals surface area contributed by atoms with Gasteiger partial charge in [0.1, 0.15) is 11.4 Å². The van der Waals surface area contributed by atoms with E-state index in [9.17, 15) is 24.6 Å². The normalized spacial score (nSPS) is 12.3. The Morgan fingerprint density at radius 2 is 1.59 bits per heavy atom. The third-order valence-corrected chi connectivity index (χ3v) is 6.74. The summed E-state index contributed by atoms with van der Waals surface area (Å²) in [5, 5.41) is 26.3. The number of para-hydroxylation sites is 1. The number of anilines is 1. The smallest absolute Gasteiger partial charge is 0.332 e. The number of rotatable bonds is 11. The Bertz CT molecular complexity index is 1440. The van der Waals surface area contributed by atoms with E-state index in [0.29, 0.717) is 17.7 Å². The van der Waals surface area contributed by atoms with Crippen LogP contribution in [-0.2, 0) is 11.2 Å². The molecule has 1 heterocycles. The minimum atomic E-state index is -1.65. The lowest BCUT2D eigenvalue weighted by atomic mass is 9.97. The highest BCUT2D eigenvalue weighted by Gasteiger charge is 2.24. The van der Waals surface area contributed by atoms with Crippen LogP contribution in [0.5, 0.6) is 5.75 Å².